The molecule has 1 aliphatic heterocycles. The van der Waals surface area contributed by atoms with Gasteiger partial charge in [0.2, 0.25) is 0 Å². The summed E-state index contributed by atoms with van der Waals surface area (Å²) in [5, 5.41) is 7.51. The van der Waals surface area contributed by atoms with Gasteiger partial charge in [-0.15, -0.1) is 0 Å². The maximum Gasteiger partial charge on any atom is 0.135 e. The Balaban J connectivity index is 1.04. The number of furan rings is 1. The van der Waals surface area contributed by atoms with E-state index >= 15 is 0 Å². The molecule has 0 bridgehead atoms. The van der Waals surface area contributed by atoms with Crippen LogP contribution in [0.2, 0.25) is 0 Å². The third kappa shape index (κ3) is 5.88. The van der Waals surface area contributed by atoms with E-state index in [1.807, 2.05) is 12.1 Å². The normalized spacial score (nSPS) is 13.9. The van der Waals surface area contributed by atoms with Crippen LogP contribution in [0.4, 0.5) is 34.1 Å². The molecule has 1 aliphatic carbocycles. The fourth-order valence-electron chi connectivity index (χ4n) is 10.0. The summed E-state index contributed by atoms with van der Waals surface area (Å²) in [6, 6.07) is 71.0. The van der Waals surface area contributed by atoms with Crippen LogP contribution in [0.1, 0.15) is 37.8 Å². The van der Waals surface area contributed by atoms with Crippen molar-refractivity contribution < 1.29 is 4.42 Å². The van der Waals surface area contributed by atoms with Crippen molar-refractivity contribution in [2.45, 2.75) is 32.1 Å². The molecule has 296 valence electrons. The predicted molar refractivity (Wildman–Crippen MR) is 261 cm³/mol. The number of para-hydroxylation sites is 2. The molecule has 0 N–H and O–H groups in total. The Morgan fingerprint density at radius 1 is 0.452 bits per heavy atom. The summed E-state index contributed by atoms with van der Waals surface area (Å²) in [7, 11) is 0. The highest BCUT2D eigenvalue weighted by atomic mass is 16.3. The summed E-state index contributed by atoms with van der Waals surface area (Å²) in [5.41, 5.74) is 15.7. The lowest BCUT2D eigenvalue weighted by Crippen LogP contribution is -2.31. The standard InChI is InChI=1S/C59H44N2O/c1-59(2)53-36-44(43-27-34-58-52(35-43)50-19-11-12-20-57(50)62-58)26-32-55(53)61(46-28-23-40(24-29-46)39-13-5-3-6-14-39)56-33-31-48(38-54(56)59)60(45-16-7-4-8-17-45)47-30-25-42-22-21-41-15-9-10-18-49(41)51(42)37-47/h3-8,11-38H,9-10H2,1-2H3. The minimum absolute atomic E-state index is 0.348. The van der Waals surface area contributed by atoms with Gasteiger partial charge in [-0.2, -0.15) is 0 Å². The topological polar surface area (TPSA) is 19.6 Å². The molecule has 9 aromatic carbocycles. The minimum atomic E-state index is -0.348. The van der Waals surface area contributed by atoms with Crippen molar-refractivity contribution >= 4 is 79.0 Å². The Bertz CT molecular complexity index is 3490. The van der Waals surface area contributed by atoms with Crippen LogP contribution in [0.3, 0.4) is 0 Å². The molecule has 1 aromatic heterocycles. The lowest BCUT2D eigenvalue weighted by atomic mass is 9.72. The van der Waals surface area contributed by atoms with Crippen molar-refractivity contribution in [3.63, 3.8) is 0 Å². The van der Waals surface area contributed by atoms with Crippen molar-refractivity contribution in [1.29, 1.82) is 0 Å². The summed E-state index contributed by atoms with van der Waals surface area (Å²) in [5.74, 6) is 0. The first kappa shape index (κ1) is 36.2. The zero-order valence-corrected chi connectivity index (χ0v) is 34.8. The van der Waals surface area contributed by atoms with Gasteiger partial charge in [0.15, 0.2) is 0 Å². The summed E-state index contributed by atoms with van der Waals surface area (Å²) in [6.45, 7) is 4.78. The Labute approximate surface area is 361 Å². The zero-order chi connectivity index (χ0) is 41.4. The molecular weight excluding hydrogens is 753 g/mol. The molecule has 3 nitrogen and oxygen atoms in total. The SMILES string of the molecule is CC1(C)c2cc(-c3ccc4oc5ccccc5c4c3)ccc2N(c2ccc(-c3ccccc3)cc2)c2ccc(N(c3ccccc3)c3ccc4ccc5c(c4c3)=CCCC=5)cc21. The second kappa shape index (κ2) is 14.2. The van der Waals surface area contributed by atoms with E-state index in [2.05, 4.69) is 218 Å². The summed E-state index contributed by atoms with van der Waals surface area (Å²) < 4.78 is 6.23. The number of hydrogen-bond donors (Lipinski definition) is 0. The monoisotopic (exact) mass is 796 g/mol. The van der Waals surface area contributed by atoms with Gasteiger partial charge in [0.05, 0.1) is 11.4 Å². The molecule has 10 aromatic rings. The van der Waals surface area contributed by atoms with Gasteiger partial charge in [0.1, 0.15) is 11.2 Å². The highest BCUT2D eigenvalue weighted by molar-refractivity contribution is 6.06. The molecule has 0 spiro atoms. The smallest absolute Gasteiger partial charge is 0.135 e. The van der Waals surface area contributed by atoms with Crippen LogP contribution < -0.4 is 20.2 Å². The van der Waals surface area contributed by atoms with Crippen molar-refractivity contribution in [2.24, 2.45) is 0 Å². The Hall–Kier alpha value is -7.62. The molecule has 0 atom stereocenters. The molecule has 0 radical (unpaired) electrons. The molecule has 0 fully saturated rings. The second-order valence-corrected chi connectivity index (χ2v) is 17.2. The molecule has 3 heteroatoms. The van der Waals surface area contributed by atoms with E-state index in [1.165, 1.54) is 66.0 Å². The molecule has 2 heterocycles. The molecule has 0 saturated carbocycles. The lowest BCUT2D eigenvalue weighted by Gasteiger charge is -2.43. The number of rotatable bonds is 6. The van der Waals surface area contributed by atoms with Gasteiger partial charge in [-0.3, -0.25) is 0 Å². The van der Waals surface area contributed by atoms with Crippen LogP contribution in [0.15, 0.2) is 199 Å². The number of anilines is 6. The van der Waals surface area contributed by atoms with E-state index in [-0.39, 0.29) is 5.41 Å². The van der Waals surface area contributed by atoms with E-state index < -0.39 is 0 Å². The van der Waals surface area contributed by atoms with E-state index in [1.54, 1.807) is 0 Å². The number of fused-ring (bicyclic) bond motifs is 8. The average Bonchev–Trinajstić information content (AvgIpc) is 3.71. The maximum atomic E-state index is 6.23. The highest BCUT2D eigenvalue weighted by Gasteiger charge is 2.38. The highest BCUT2D eigenvalue weighted by Crippen LogP contribution is 2.54. The molecule has 2 aliphatic rings. The largest absolute Gasteiger partial charge is 0.456 e. The van der Waals surface area contributed by atoms with E-state index in [0.717, 1.165) is 57.5 Å². The predicted octanol–water partition coefficient (Wildman–Crippen LogP) is 15.0. The fourth-order valence-corrected chi connectivity index (χ4v) is 10.0. The van der Waals surface area contributed by atoms with Crippen LogP contribution >= 0.6 is 0 Å². The van der Waals surface area contributed by atoms with Gasteiger partial charge in [0.25, 0.3) is 0 Å². The van der Waals surface area contributed by atoms with Crippen molar-refractivity contribution in [2.75, 3.05) is 9.80 Å². The first-order chi connectivity index (χ1) is 30.5. The van der Waals surface area contributed by atoms with Gasteiger partial charge >= 0.3 is 0 Å². The minimum Gasteiger partial charge on any atom is -0.456 e. The number of hydrogen-bond acceptors (Lipinski definition) is 3. The van der Waals surface area contributed by atoms with Gasteiger partial charge in [0, 0.05) is 38.9 Å². The lowest BCUT2D eigenvalue weighted by molar-refractivity contribution is 0.632. The van der Waals surface area contributed by atoms with Gasteiger partial charge < -0.3 is 14.2 Å². The van der Waals surface area contributed by atoms with E-state index in [4.69, 9.17) is 4.42 Å². The van der Waals surface area contributed by atoms with E-state index in [9.17, 15) is 0 Å². The molecule has 0 saturated heterocycles. The van der Waals surface area contributed by atoms with Crippen molar-refractivity contribution in [3.05, 3.63) is 216 Å². The summed E-state index contributed by atoms with van der Waals surface area (Å²) in [6.07, 6.45) is 6.96. The van der Waals surface area contributed by atoms with Crippen LogP contribution in [0.25, 0.3) is 67.1 Å². The second-order valence-electron chi connectivity index (χ2n) is 17.2. The Morgan fingerprint density at radius 3 is 1.90 bits per heavy atom. The Morgan fingerprint density at radius 2 is 1.06 bits per heavy atom. The van der Waals surface area contributed by atoms with Gasteiger partial charge in [-0.05, 0) is 152 Å². The number of benzene rings is 9. The summed E-state index contributed by atoms with van der Waals surface area (Å²) >= 11 is 0. The maximum absolute atomic E-state index is 6.23. The van der Waals surface area contributed by atoms with Crippen molar-refractivity contribution in [3.8, 4) is 22.3 Å². The molecule has 12 rings (SSSR count). The molecular formula is C59H44N2O. The van der Waals surface area contributed by atoms with Crippen LogP contribution in [-0.2, 0) is 5.41 Å². The average molecular weight is 797 g/mol. The van der Waals surface area contributed by atoms with E-state index in [0.29, 0.717) is 0 Å². The molecule has 0 unspecified atom stereocenters. The first-order valence-electron chi connectivity index (χ1n) is 21.7. The van der Waals surface area contributed by atoms with Crippen LogP contribution in [0, 0.1) is 0 Å². The quantitative estimate of drug-likeness (QED) is 0.167. The zero-order valence-electron chi connectivity index (χ0n) is 34.8. The van der Waals surface area contributed by atoms with Gasteiger partial charge in [-0.1, -0.05) is 135 Å². The third-order valence-electron chi connectivity index (χ3n) is 13.2. The van der Waals surface area contributed by atoms with Crippen LogP contribution in [0.5, 0.6) is 0 Å². The Kier molecular flexibility index (Phi) is 8.33. The van der Waals surface area contributed by atoms with Gasteiger partial charge in [-0.25, -0.2) is 0 Å². The van der Waals surface area contributed by atoms with Crippen molar-refractivity contribution in [1.82, 2.24) is 0 Å². The number of nitrogens with zero attached hydrogens (tertiary/aromatic N) is 2. The third-order valence-corrected chi connectivity index (χ3v) is 13.2. The molecule has 0 amide bonds. The fraction of sp³-hybridized carbons (Fsp3) is 0.0847. The summed E-state index contributed by atoms with van der Waals surface area (Å²) in [4.78, 5) is 4.89. The first-order valence-corrected chi connectivity index (χ1v) is 21.7. The van der Waals surface area contributed by atoms with Crippen LogP contribution in [-0.4, -0.2) is 0 Å². The molecule has 62 heavy (non-hydrogen) atoms.